The first-order valence-electron chi connectivity index (χ1n) is 6.07. The first-order chi connectivity index (χ1) is 9.23. The molecule has 1 heterocycles. The molecule has 1 unspecified atom stereocenters. The lowest BCUT2D eigenvalue weighted by Gasteiger charge is -2.18. The Hall–Kier alpha value is -1.31. The Labute approximate surface area is 122 Å². The fraction of sp³-hybridized carbons (Fsp3) is 0.385. The van der Waals surface area contributed by atoms with Crippen LogP contribution in [0.5, 0.6) is 0 Å². The number of hydrogen-bond acceptors (Lipinski definition) is 6. The molecular weight excluding hydrogens is 294 g/mol. The molecule has 0 amide bonds. The smallest absolute Gasteiger partial charge is 0.159 e. The zero-order valence-corrected chi connectivity index (χ0v) is 13.2. The maximum Gasteiger partial charge on any atom is 0.159 e. The predicted octanol–water partition coefficient (Wildman–Crippen LogP) is 1.87. The Morgan fingerprint density at radius 1 is 1.20 bits per heavy atom. The molecule has 1 aromatic carbocycles. The molecule has 2 rings (SSSR count). The molecule has 7 heteroatoms. The fourth-order valence-corrected chi connectivity index (χ4v) is 3.37. The van der Waals surface area contributed by atoms with Crippen molar-refractivity contribution in [2.75, 3.05) is 6.26 Å². The van der Waals surface area contributed by atoms with Gasteiger partial charge in [-0.2, -0.15) is 0 Å². The van der Waals surface area contributed by atoms with E-state index in [0.717, 1.165) is 5.56 Å². The van der Waals surface area contributed by atoms with Crippen LogP contribution in [0.25, 0.3) is 0 Å². The van der Waals surface area contributed by atoms with E-state index in [1.165, 1.54) is 17.6 Å². The van der Waals surface area contributed by atoms with Crippen LogP contribution in [-0.4, -0.2) is 24.9 Å². The van der Waals surface area contributed by atoms with Crippen LogP contribution in [-0.2, 0) is 14.6 Å². The third-order valence-corrected chi connectivity index (χ3v) is 6.81. The normalized spacial score (nSPS) is 14.2. The Morgan fingerprint density at radius 2 is 1.80 bits per heavy atom. The van der Waals surface area contributed by atoms with Gasteiger partial charge in [0, 0.05) is 6.26 Å². The zero-order valence-electron chi connectivity index (χ0n) is 11.6. The van der Waals surface area contributed by atoms with Crippen LogP contribution in [0.4, 0.5) is 0 Å². The topological polar surface area (TPSA) is 85.9 Å². The second-order valence-corrected chi connectivity index (χ2v) is 8.69. The van der Waals surface area contributed by atoms with Crippen molar-refractivity contribution in [2.24, 2.45) is 5.73 Å². The van der Waals surface area contributed by atoms with Crippen LogP contribution in [0, 0.1) is 0 Å². The SMILES string of the molecule is CC(C)(c1nnc(C(N)c2ccccc2)s1)S(C)(=O)=O. The molecule has 0 fully saturated rings. The number of aromatic nitrogens is 2. The van der Waals surface area contributed by atoms with Crippen LogP contribution >= 0.6 is 11.3 Å². The van der Waals surface area contributed by atoms with Gasteiger partial charge in [0.15, 0.2) is 9.84 Å². The van der Waals surface area contributed by atoms with Gasteiger partial charge >= 0.3 is 0 Å². The summed E-state index contributed by atoms with van der Waals surface area (Å²) in [6.07, 6.45) is 1.20. The van der Waals surface area contributed by atoms with Gasteiger partial charge in [-0.25, -0.2) is 8.42 Å². The summed E-state index contributed by atoms with van der Waals surface area (Å²) in [5.74, 6) is 0. The minimum absolute atomic E-state index is 0.391. The van der Waals surface area contributed by atoms with Gasteiger partial charge in [0.05, 0.1) is 6.04 Å². The highest BCUT2D eigenvalue weighted by molar-refractivity contribution is 7.91. The van der Waals surface area contributed by atoms with E-state index in [4.69, 9.17) is 5.73 Å². The van der Waals surface area contributed by atoms with E-state index in [2.05, 4.69) is 10.2 Å². The van der Waals surface area contributed by atoms with Crippen molar-refractivity contribution in [3.63, 3.8) is 0 Å². The minimum atomic E-state index is -3.27. The summed E-state index contributed by atoms with van der Waals surface area (Å²) >= 11 is 1.24. The molecular formula is C13H17N3O2S2. The summed E-state index contributed by atoms with van der Waals surface area (Å²) in [5, 5.41) is 9.14. The Kier molecular flexibility index (Phi) is 3.95. The monoisotopic (exact) mass is 311 g/mol. The molecule has 2 N–H and O–H groups in total. The molecule has 1 atom stereocenters. The average Bonchev–Trinajstić information content (AvgIpc) is 2.87. The molecule has 5 nitrogen and oxygen atoms in total. The molecule has 0 aliphatic carbocycles. The van der Waals surface area contributed by atoms with Crippen LogP contribution in [0.1, 0.15) is 35.5 Å². The summed E-state index contributed by atoms with van der Waals surface area (Å²) in [6.45, 7) is 3.25. The Morgan fingerprint density at radius 3 is 2.35 bits per heavy atom. The second kappa shape index (κ2) is 5.23. The first-order valence-corrected chi connectivity index (χ1v) is 8.78. The van der Waals surface area contributed by atoms with Crippen LogP contribution in [0.15, 0.2) is 30.3 Å². The third-order valence-electron chi connectivity index (χ3n) is 3.31. The maximum absolute atomic E-state index is 11.8. The van der Waals surface area contributed by atoms with Crippen molar-refractivity contribution in [3.05, 3.63) is 45.9 Å². The van der Waals surface area contributed by atoms with Gasteiger partial charge in [-0.05, 0) is 19.4 Å². The first kappa shape index (κ1) is 15.1. The Bertz CT molecular complexity index is 693. The van der Waals surface area contributed by atoms with Crippen molar-refractivity contribution < 1.29 is 8.42 Å². The highest BCUT2D eigenvalue weighted by Gasteiger charge is 2.36. The fourth-order valence-electron chi connectivity index (χ4n) is 1.57. The lowest BCUT2D eigenvalue weighted by atomic mass is 10.1. The van der Waals surface area contributed by atoms with Gasteiger partial charge < -0.3 is 5.73 Å². The van der Waals surface area contributed by atoms with Gasteiger partial charge in [-0.1, -0.05) is 41.7 Å². The standard InChI is InChI=1S/C13H17N3O2S2/c1-13(2,20(3,17)18)12-16-15-11(19-12)10(14)9-7-5-4-6-8-9/h4-8,10H,14H2,1-3H3. The van der Waals surface area contributed by atoms with Crippen molar-refractivity contribution in [1.82, 2.24) is 10.2 Å². The summed E-state index contributed by atoms with van der Waals surface area (Å²) in [5.41, 5.74) is 7.06. The molecule has 108 valence electrons. The minimum Gasteiger partial charge on any atom is -0.318 e. The van der Waals surface area contributed by atoms with Crippen LogP contribution < -0.4 is 5.73 Å². The van der Waals surface area contributed by atoms with E-state index >= 15 is 0 Å². The molecule has 0 aliphatic heterocycles. The predicted molar refractivity (Wildman–Crippen MR) is 80.3 cm³/mol. The molecule has 0 aliphatic rings. The quantitative estimate of drug-likeness (QED) is 0.931. The molecule has 0 bridgehead atoms. The number of hydrogen-bond donors (Lipinski definition) is 1. The number of sulfone groups is 1. The molecule has 20 heavy (non-hydrogen) atoms. The summed E-state index contributed by atoms with van der Waals surface area (Å²) in [6, 6.07) is 9.14. The summed E-state index contributed by atoms with van der Waals surface area (Å²) < 4.78 is 22.6. The molecule has 0 spiro atoms. The third kappa shape index (κ3) is 2.74. The van der Waals surface area contributed by atoms with E-state index in [0.29, 0.717) is 10.0 Å². The lowest BCUT2D eigenvalue weighted by molar-refractivity contribution is 0.558. The van der Waals surface area contributed by atoms with E-state index < -0.39 is 20.6 Å². The largest absolute Gasteiger partial charge is 0.318 e. The van der Waals surface area contributed by atoms with Crippen LogP contribution in [0.3, 0.4) is 0 Å². The maximum atomic E-state index is 11.8. The summed E-state index contributed by atoms with van der Waals surface area (Å²) in [4.78, 5) is 0. The Balaban J connectivity index is 2.35. The van der Waals surface area contributed by atoms with E-state index in [9.17, 15) is 8.42 Å². The second-order valence-electron chi connectivity index (χ2n) is 5.12. The van der Waals surface area contributed by atoms with Crippen molar-refractivity contribution in [2.45, 2.75) is 24.6 Å². The lowest BCUT2D eigenvalue weighted by Crippen LogP contribution is -2.27. The molecule has 1 aromatic heterocycles. The van der Waals surface area contributed by atoms with E-state index in [1.807, 2.05) is 30.3 Å². The van der Waals surface area contributed by atoms with Crippen molar-refractivity contribution in [3.8, 4) is 0 Å². The molecule has 0 saturated carbocycles. The van der Waals surface area contributed by atoms with Crippen LogP contribution in [0.2, 0.25) is 0 Å². The number of nitrogens with two attached hydrogens (primary N) is 1. The number of benzene rings is 1. The number of nitrogens with zero attached hydrogens (tertiary/aromatic N) is 2. The van der Waals surface area contributed by atoms with Gasteiger partial charge in [0.1, 0.15) is 14.8 Å². The van der Waals surface area contributed by atoms with Gasteiger partial charge in [-0.15, -0.1) is 10.2 Å². The zero-order chi connectivity index (χ0) is 15.0. The highest BCUT2D eigenvalue weighted by Crippen LogP contribution is 2.33. The molecule has 0 saturated heterocycles. The highest BCUT2D eigenvalue weighted by atomic mass is 32.2. The van der Waals surface area contributed by atoms with E-state index in [1.54, 1.807) is 13.8 Å². The number of rotatable bonds is 4. The van der Waals surface area contributed by atoms with Gasteiger partial charge in [0.2, 0.25) is 0 Å². The summed E-state index contributed by atoms with van der Waals surface area (Å²) in [7, 11) is -3.27. The molecule has 2 aromatic rings. The molecule has 0 radical (unpaired) electrons. The van der Waals surface area contributed by atoms with Crippen molar-refractivity contribution in [1.29, 1.82) is 0 Å². The average molecular weight is 311 g/mol. The van der Waals surface area contributed by atoms with E-state index in [-0.39, 0.29) is 0 Å². The van der Waals surface area contributed by atoms with Gasteiger partial charge in [0.25, 0.3) is 0 Å². The van der Waals surface area contributed by atoms with Crippen molar-refractivity contribution >= 4 is 21.2 Å². The van der Waals surface area contributed by atoms with Gasteiger partial charge in [-0.3, -0.25) is 0 Å².